The van der Waals surface area contributed by atoms with Crippen molar-refractivity contribution in [3.8, 4) is 6.07 Å². The number of rotatable bonds is 6. The van der Waals surface area contributed by atoms with Crippen molar-refractivity contribution in [1.29, 1.82) is 5.26 Å². The molecule has 4 nitrogen and oxygen atoms in total. The Balaban J connectivity index is 2.66. The van der Waals surface area contributed by atoms with E-state index in [-0.39, 0.29) is 24.0 Å². The molecule has 1 unspecified atom stereocenters. The molecule has 0 saturated heterocycles. The zero-order valence-electron chi connectivity index (χ0n) is 10.2. The first kappa shape index (κ1) is 14.6. The van der Waals surface area contributed by atoms with Crippen molar-refractivity contribution in [3.63, 3.8) is 0 Å². The molecule has 1 aromatic rings. The van der Waals surface area contributed by atoms with Gasteiger partial charge in [-0.1, -0.05) is 30.3 Å². The lowest BCUT2D eigenvalue weighted by atomic mass is 9.93. The van der Waals surface area contributed by atoms with Crippen molar-refractivity contribution < 1.29 is 9.90 Å². The van der Waals surface area contributed by atoms with E-state index in [0.717, 1.165) is 5.56 Å². The minimum Gasteiger partial charge on any atom is -0.394 e. The number of carbonyl (C=O) groups excluding carboxylic acids is 1. The number of nitrogens with one attached hydrogen (secondary N) is 1. The Labute approximate surface area is 111 Å². The first-order valence-corrected chi connectivity index (χ1v) is 6.70. The van der Waals surface area contributed by atoms with Crippen LogP contribution in [0.5, 0.6) is 0 Å². The van der Waals surface area contributed by atoms with Crippen molar-refractivity contribution >= 4 is 17.7 Å². The summed E-state index contributed by atoms with van der Waals surface area (Å²) in [4.78, 5) is 11.7. The molecule has 0 bridgehead atoms. The summed E-state index contributed by atoms with van der Waals surface area (Å²) in [7, 11) is 0. The number of hydrogen-bond donors (Lipinski definition) is 2. The van der Waals surface area contributed by atoms with Crippen LogP contribution in [0, 0.1) is 11.3 Å². The van der Waals surface area contributed by atoms with Crippen molar-refractivity contribution in [1.82, 2.24) is 5.32 Å². The molecule has 0 spiro atoms. The van der Waals surface area contributed by atoms with Gasteiger partial charge in [0.25, 0.3) is 0 Å². The topological polar surface area (TPSA) is 73.1 Å². The van der Waals surface area contributed by atoms with Gasteiger partial charge in [0.15, 0.2) is 0 Å². The predicted octanol–water partition coefficient (Wildman–Crippen LogP) is 1.27. The van der Waals surface area contributed by atoms with Crippen molar-refractivity contribution in [3.05, 3.63) is 35.9 Å². The van der Waals surface area contributed by atoms with Gasteiger partial charge in [-0.05, 0) is 12.5 Å². The Morgan fingerprint density at radius 3 is 2.72 bits per heavy atom. The Morgan fingerprint density at radius 2 is 2.17 bits per heavy atom. The number of hydrogen-bond acceptors (Lipinski definition) is 4. The number of amides is 1. The highest BCUT2D eigenvalue weighted by molar-refractivity contribution is 8.00. The highest BCUT2D eigenvalue weighted by Gasteiger charge is 2.27. The fourth-order valence-corrected chi connectivity index (χ4v) is 1.99. The number of nitriles is 1. The van der Waals surface area contributed by atoms with Gasteiger partial charge >= 0.3 is 0 Å². The van der Waals surface area contributed by atoms with Gasteiger partial charge in [0.2, 0.25) is 5.91 Å². The molecule has 96 valence electrons. The Kier molecular flexibility index (Phi) is 5.69. The smallest absolute Gasteiger partial charge is 0.230 e. The van der Waals surface area contributed by atoms with Crippen molar-refractivity contribution in [2.45, 2.75) is 12.5 Å². The van der Waals surface area contributed by atoms with Gasteiger partial charge in [-0.25, -0.2) is 0 Å². The van der Waals surface area contributed by atoms with E-state index in [9.17, 15) is 9.90 Å². The van der Waals surface area contributed by atoms with Crippen LogP contribution in [0.3, 0.4) is 0 Å². The van der Waals surface area contributed by atoms with Crippen LogP contribution < -0.4 is 5.32 Å². The molecule has 0 saturated carbocycles. The predicted molar refractivity (Wildman–Crippen MR) is 72.0 cm³/mol. The van der Waals surface area contributed by atoms with Crippen LogP contribution in [-0.4, -0.2) is 29.1 Å². The summed E-state index contributed by atoms with van der Waals surface area (Å²) in [5, 5.41) is 20.7. The first-order valence-electron chi connectivity index (χ1n) is 5.54. The van der Waals surface area contributed by atoms with Gasteiger partial charge in [0.05, 0.1) is 29.7 Å². The molecule has 0 aliphatic heterocycles. The molecular formula is C13H16N2O2S. The standard InChI is InChI=1S/C13H16N2O2S/c1-13(10-16,11-5-3-2-4-6-11)15-12(17)9-18-8-7-14/h2-6,16H,8-10H2,1H3,(H,15,17). The molecule has 0 heterocycles. The average Bonchev–Trinajstić information content (AvgIpc) is 2.40. The molecule has 2 N–H and O–H groups in total. The van der Waals surface area contributed by atoms with Gasteiger partial charge in [0, 0.05) is 0 Å². The second-order valence-electron chi connectivity index (χ2n) is 4.06. The van der Waals surface area contributed by atoms with Crippen LogP contribution in [0.2, 0.25) is 0 Å². The largest absolute Gasteiger partial charge is 0.394 e. The molecular weight excluding hydrogens is 248 g/mol. The number of benzene rings is 1. The maximum Gasteiger partial charge on any atom is 0.230 e. The van der Waals surface area contributed by atoms with E-state index in [1.165, 1.54) is 11.8 Å². The molecule has 1 amide bonds. The number of aliphatic hydroxyl groups excluding tert-OH is 1. The second-order valence-corrected chi connectivity index (χ2v) is 5.04. The lowest BCUT2D eigenvalue weighted by molar-refractivity contribution is -0.121. The summed E-state index contributed by atoms with van der Waals surface area (Å²) < 4.78 is 0. The fraction of sp³-hybridized carbons (Fsp3) is 0.385. The third kappa shape index (κ3) is 4.06. The van der Waals surface area contributed by atoms with Crippen LogP contribution in [-0.2, 0) is 10.3 Å². The van der Waals surface area contributed by atoms with Gasteiger partial charge in [-0.15, -0.1) is 11.8 Å². The van der Waals surface area contributed by atoms with Gasteiger partial charge < -0.3 is 10.4 Å². The van der Waals surface area contributed by atoms with E-state index in [4.69, 9.17) is 5.26 Å². The summed E-state index contributed by atoms with van der Waals surface area (Å²) in [6, 6.07) is 11.3. The number of aliphatic hydroxyl groups is 1. The molecule has 0 aliphatic rings. The van der Waals surface area contributed by atoms with Gasteiger partial charge in [0.1, 0.15) is 0 Å². The fourth-order valence-electron chi connectivity index (χ4n) is 1.54. The molecule has 0 fully saturated rings. The summed E-state index contributed by atoms with van der Waals surface area (Å²) in [5.41, 5.74) is 0.0667. The van der Waals surface area contributed by atoms with Crippen LogP contribution in [0.25, 0.3) is 0 Å². The summed E-state index contributed by atoms with van der Waals surface area (Å²) >= 11 is 1.25. The van der Waals surface area contributed by atoms with E-state index >= 15 is 0 Å². The normalized spacial score (nSPS) is 13.4. The molecule has 5 heteroatoms. The minimum atomic E-state index is -0.786. The summed E-state index contributed by atoms with van der Waals surface area (Å²) in [5.74, 6) is 0.320. The third-order valence-electron chi connectivity index (χ3n) is 2.54. The maximum atomic E-state index is 11.7. The zero-order chi connectivity index (χ0) is 13.4. The lowest BCUT2D eigenvalue weighted by Gasteiger charge is -2.29. The molecule has 1 aromatic carbocycles. The average molecular weight is 264 g/mol. The molecule has 0 aromatic heterocycles. The van der Waals surface area contributed by atoms with Crippen LogP contribution in [0.15, 0.2) is 30.3 Å². The van der Waals surface area contributed by atoms with Crippen LogP contribution in [0.1, 0.15) is 12.5 Å². The second kappa shape index (κ2) is 7.04. The first-order chi connectivity index (χ1) is 8.62. The summed E-state index contributed by atoms with van der Waals surface area (Å²) in [6.45, 7) is 1.60. The SMILES string of the molecule is CC(CO)(NC(=O)CSCC#N)c1ccccc1. The van der Waals surface area contributed by atoms with Gasteiger partial charge in [-0.2, -0.15) is 5.26 Å². The summed E-state index contributed by atoms with van der Waals surface area (Å²) in [6.07, 6.45) is 0. The molecule has 1 rings (SSSR count). The number of thioether (sulfide) groups is 1. The number of nitrogens with zero attached hydrogens (tertiary/aromatic N) is 1. The molecule has 0 aliphatic carbocycles. The monoisotopic (exact) mass is 264 g/mol. The minimum absolute atomic E-state index is 0.175. The van der Waals surface area contributed by atoms with Gasteiger partial charge in [-0.3, -0.25) is 4.79 Å². The maximum absolute atomic E-state index is 11.7. The van der Waals surface area contributed by atoms with E-state index in [0.29, 0.717) is 0 Å². The Bertz CT molecular complexity index is 430. The Hall–Kier alpha value is -1.51. The molecule has 1 atom stereocenters. The highest BCUT2D eigenvalue weighted by atomic mass is 32.2. The quantitative estimate of drug-likeness (QED) is 0.759. The molecule has 0 radical (unpaired) electrons. The van der Waals surface area contributed by atoms with Crippen molar-refractivity contribution in [2.75, 3.05) is 18.1 Å². The van der Waals surface area contributed by atoms with E-state index in [1.807, 2.05) is 36.4 Å². The Morgan fingerprint density at radius 1 is 1.50 bits per heavy atom. The van der Waals surface area contributed by atoms with Crippen molar-refractivity contribution in [2.24, 2.45) is 0 Å². The van der Waals surface area contributed by atoms with Crippen LogP contribution in [0.4, 0.5) is 0 Å². The third-order valence-corrected chi connectivity index (χ3v) is 3.34. The van der Waals surface area contributed by atoms with E-state index in [2.05, 4.69) is 5.32 Å². The number of carbonyl (C=O) groups is 1. The zero-order valence-corrected chi connectivity index (χ0v) is 11.0. The molecule has 18 heavy (non-hydrogen) atoms. The van der Waals surface area contributed by atoms with Crippen LogP contribution >= 0.6 is 11.8 Å². The van der Waals surface area contributed by atoms with E-state index in [1.54, 1.807) is 6.92 Å². The highest BCUT2D eigenvalue weighted by Crippen LogP contribution is 2.19. The van der Waals surface area contributed by atoms with E-state index < -0.39 is 5.54 Å². The lowest BCUT2D eigenvalue weighted by Crippen LogP contribution is -2.47.